The van der Waals surface area contributed by atoms with E-state index in [4.69, 9.17) is 4.74 Å². The highest BCUT2D eigenvalue weighted by Gasteiger charge is 2.36. The second-order valence-corrected chi connectivity index (χ2v) is 5.88. The molecule has 0 unspecified atom stereocenters. The molecule has 19 heavy (non-hydrogen) atoms. The Labute approximate surface area is 115 Å². The quantitative estimate of drug-likeness (QED) is 0.812. The molecule has 1 aliphatic rings. The minimum Gasteiger partial charge on any atom is -0.495 e. The minimum absolute atomic E-state index is 0.139. The molecule has 0 radical (unpaired) electrons. The van der Waals surface area contributed by atoms with Crippen LogP contribution in [0.4, 0.5) is 5.69 Å². The van der Waals surface area contributed by atoms with Crippen LogP contribution in [0.1, 0.15) is 51.2 Å². The first-order valence-corrected chi connectivity index (χ1v) is 6.84. The van der Waals surface area contributed by atoms with E-state index in [-0.39, 0.29) is 5.54 Å². The van der Waals surface area contributed by atoms with Gasteiger partial charge < -0.3 is 9.64 Å². The van der Waals surface area contributed by atoms with Gasteiger partial charge in [-0.3, -0.25) is 0 Å². The van der Waals surface area contributed by atoms with Crippen LogP contribution < -0.4 is 9.64 Å². The molecule has 0 bridgehead atoms. The van der Waals surface area contributed by atoms with Crippen molar-refractivity contribution in [1.82, 2.24) is 0 Å². The molecule has 2 rings (SSSR count). The van der Waals surface area contributed by atoms with Crippen LogP contribution in [-0.2, 0) is 0 Å². The predicted octanol–water partition coefficient (Wildman–Crippen LogP) is 3.68. The van der Waals surface area contributed by atoms with E-state index >= 15 is 0 Å². The summed E-state index contributed by atoms with van der Waals surface area (Å²) in [6, 6.07) is 6.25. The third kappa shape index (κ3) is 2.16. The summed E-state index contributed by atoms with van der Waals surface area (Å²) in [5, 5.41) is 9.22. The van der Waals surface area contributed by atoms with Crippen molar-refractivity contribution < 1.29 is 4.74 Å². The number of ether oxygens (including phenoxy) is 1. The number of benzene rings is 1. The summed E-state index contributed by atoms with van der Waals surface area (Å²) in [4.78, 5) is 2.41. The molecule has 1 heterocycles. The van der Waals surface area contributed by atoms with Crippen molar-refractivity contribution in [1.29, 1.82) is 5.26 Å². The highest BCUT2D eigenvalue weighted by Crippen LogP contribution is 2.45. The molecule has 1 aromatic carbocycles. The fraction of sp³-hybridized carbons (Fsp3) is 0.562. The van der Waals surface area contributed by atoms with E-state index in [1.807, 2.05) is 12.1 Å². The number of nitriles is 1. The van der Waals surface area contributed by atoms with Gasteiger partial charge in [-0.15, -0.1) is 0 Å². The highest BCUT2D eigenvalue weighted by molar-refractivity contribution is 5.66. The largest absolute Gasteiger partial charge is 0.495 e. The fourth-order valence-electron chi connectivity index (χ4n) is 3.36. The van der Waals surface area contributed by atoms with Crippen molar-refractivity contribution in [2.45, 2.75) is 45.6 Å². The smallest absolute Gasteiger partial charge is 0.138 e. The van der Waals surface area contributed by atoms with Gasteiger partial charge in [0.05, 0.1) is 12.7 Å². The predicted molar refractivity (Wildman–Crippen MR) is 77.8 cm³/mol. The lowest BCUT2D eigenvalue weighted by Crippen LogP contribution is -2.48. The van der Waals surface area contributed by atoms with Crippen molar-refractivity contribution in [2.24, 2.45) is 0 Å². The van der Waals surface area contributed by atoms with Crippen LogP contribution in [0.15, 0.2) is 12.1 Å². The number of methoxy groups -OCH3 is 1. The first-order valence-electron chi connectivity index (χ1n) is 6.84. The van der Waals surface area contributed by atoms with Gasteiger partial charge >= 0.3 is 0 Å². The highest BCUT2D eigenvalue weighted by atomic mass is 16.5. The van der Waals surface area contributed by atoms with Crippen LogP contribution in [0.5, 0.6) is 5.75 Å². The van der Waals surface area contributed by atoms with Crippen LogP contribution in [0, 0.1) is 11.3 Å². The van der Waals surface area contributed by atoms with Gasteiger partial charge in [0.1, 0.15) is 11.8 Å². The average molecular weight is 258 g/mol. The number of hydrogen-bond donors (Lipinski definition) is 0. The molecule has 102 valence electrons. The van der Waals surface area contributed by atoms with Gasteiger partial charge in [0, 0.05) is 23.8 Å². The lowest BCUT2D eigenvalue weighted by Gasteiger charge is -2.47. The van der Waals surface area contributed by atoms with E-state index in [2.05, 4.69) is 38.7 Å². The zero-order chi connectivity index (χ0) is 14.2. The van der Waals surface area contributed by atoms with E-state index in [1.165, 1.54) is 11.3 Å². The van der Waals surface area contributed by atoms with Gasteiger partial charge in [-0.25, -0.2) is 0 Å². The molecule has 0 aromatic heterocycles. The molecule has 0 spiro atoms. The van der Waals surface area contributed by atoms with Gasteiger partial charge in [0.2, 0.25) is 0 Å². The molecule has 0 N–H and O–H groups in total. The number of fused-ring (bicyclic) bond motifs is 1. The van der Waals surface area contributed by atoms with Crippen molar-refractivity contribution in [3.05, 3.63) is 23.3 Å². The van der Waals surface area contributed by atoms with Crippen LogP contribution in [0.2, 0.25) is 0 Å². The SMILES string of the molecule is CCN1c2cc(OC)c(C#N)cc2[C@@H](C)CC1(C)C. The number of hydrogen-bond acceptors (Lipinski definition) is 3. The molecule has 0 saturated carbocycles. The molecule has 1 atom stereocenters. The summed E-state index contributed by atoms with van der Waals surface area (Å²) >= 11 is 0. The first kappa shape index (κ1) is 13.7. The molecule has 3 nitrogen and oxygen atoms in total. The van der Waals surface area contributed by atoms with Crippen molar-refractivity contribution in [3.8, 4) is 11.8 Å². The lowest BCUT2D eigenvalue weighted by atomic mass is 9.79. The summed E-state index contributed by atoms with van der Waals surface area (Å²) in [7, 11) is 1.62. The molecular formula is C16H22N2O. The summed E-state index contributed by atoms with van der Waals surface area (Å²) in [6.07, 6.45) is 1.10. The number of nitrogens with zero attached hydrogens (tertiary/aromatic N) is 2. The van der Waals surface area contributed by atoms with E-state index in [9.17, 15) is 5.26 Å². The van der Waals surface area contributed by atoms with Gasteiger partial charge in [0.25, 0.3) is 0 Å². The number of anilines is 1. The molecule has 3 heteroatoms. The first-order chi connectivity index (χ1) is 8.94. The monoisotopic (exact) mass is 258 g/mol. The Morgan fingerprint density at radius 1 is 1.47 bits per heavy atom. The Hall–Kier alpha value is -1.69. The second kappa shape index (κ2) is 4.77. The van der Waals surface area contributed by atoms with E-state index in [0.29, 0.717) is 17.2 Å². The Balaban J connectivity index is 2.64. The summed E-state index contributed by atoms with van der Waals surface area (Å²) in [5.41, 5.74) is 3.24. The number of rotatable bonds is 2. The molecule has 0 amide bonds. The topological polar surface area (TPSA) is 36.3 Å². The maximum Gasteiger partial charge on any atom is 0.138 e. The van der Waals surface area contributed by atoms with E-state index < -0.39 is 0 Å². The average Bonchev–Trinajstić information content (AvgIpc) is 2.36. The van der Waals surface area contributed by atoms with E-state index in [0.717, 1.165) is 13.0 Å². The van der Waals surface area contributed by atoms with Crippen molar-refractivity contribution in [3.63, 3.8) is 0 Å². The van der Waals surface area contributed by atoms with E-state index in [1.54, 1.807) is 7.11 Å². The summed E-state index contributed by atoms with van der Waals surface area (Å²) in [5.74, 6) is 1.13. The molecule has 0 aliphatic carbocycles. The van der Waals surface area contributed by atoms with Gasteiger partial charge in [-0.05, 0) is 44.7 Å². The molecular weight excluding hydrogens is 236 g/mol. The summed E-state index contributed by atoms with van der Waals surface area (Å²) < 4.78 is 5.35. The Morgan fingerprint density at radius 3 is 2.68 bits per heavy atom. The Bertz CT molecular complexity index is 528. The molecule has 0 fully saturated rings. The van der Waals surface area contributed by atoms with Crippen LogP contribution in [0.25, 0.3) is 0 Å². The fourth-order valence-corrected chi connectivity index (χ4v) is 3.36. The minimum atomic E-state index is 0.139. The molecule has 0 saturated heterocycles. The van der Waals surface area contributed by atoms with Crippen molar-refractivity contribution >= 4 is 5.69 Å². The summed E-state index contributed by atoms with van der Waals surface area (Å²) in [6.45, 7) is 9.93. The van der Waals surface area contributed by atoms with Gasteiger partial charge in [0.15, 0.2) is 0 Å². The zero-order valence-electron chi connectivity index (χ0n) is 12.4. The van der Waals surface area contributed by atoms with Crippen LogP contribution in [0.3, 0.4) is 0 Å². The second-order valence-electron chi connectivity index (χ2n) is 5.88. The van der Waals surface area contributed by atoms with Crippen LogP contribution in [-0.4, -0.2) is 19.2 Å². The zero-order valence-corrected chi connectivity index (χ0v) is 12.4. The van der Waals surface area contributed by atoms with Crippen LogP contribution >= 0.6 is 0 Å². The Morgan fingerprint density at radius 2 is 2.16 bits per heavy atom. The van der Waals surface area contributed by atoms with Gasteiger partial charge in [-0.2, -0.15) is 5.26 Å². The third-order valence-electron chi connectivity index (χ3n) is 4.14. The molecule has 1 aliphatic heterocycles. The normalized spacial score (nSPS) is 20.6. The molecule has 1 aromatic rings. The Kier molecular flexibility index (Phi) is 3.45. The third-order valence-corrected chi connectivity index (χ3v) is 4.14. The lowest BCUT2D eigenvalue weighted by molar-refractivity contribution is 0.377. The van der Waals surface area contributed by atoms with Gasteiger partial charge in [-0.1, -0.05) is 6.92 Å². The maximum absolute atomic E-state index is 9.22. The maximum atomic E-state index is 9.22. The van der Waals surface area contributed by atoms with Crippen molar-refractivity contribution in [2.75, 3.05) is 18.6 Å². The standard InChI is InChI=1S/C16H22N2O/c1-6-18-14-8-15(19-5)12(10-17)7-13(14)11(2)9-16(18,3)4/h7-8,11H,6,9H2,1-5H3/t11-/m0/s1.